The monoisotopic (exact) mass is 214 g/mol. The average Bonchev–Trinajstić information content (AvgIpc) is 2.19. The molecule has 1 heterocycles. The van der Waals surface area contributed by atoms with Gasteiger partial charge < -0.3 is 15.5 Å². The lowest BCUT2D eigenvalue weighted by Gasteiger charge is -2.38. The number of likely N-dealkylation sites (N-methyl/N-ethyl adjacent to an activating group) is 2. The van der Waals surface area contributed by atoms with E-state index in [0.717, 1.165) is 19.6 Å². The number of carbonyl (C=O) groups is 1. The van der Waals surface area contributed by atoms with Crippen LogP contribution in [0.3, 0.4) is 0 Å². The van der Waals surface area contributed by atoms with Crippen LogP contribution in [0.1, 0.15) is 0 Å². The van der Waals surface area contributed by atoms with Gasteiger partial charge in [0.1, 0.15) is 0 Å². The first-order valence-corrected chi connectivity index (χ1v) is 5.37. The molecule has 15 heavy (non-hydrogen) atoms. The smallest absolute Gasteiger partial charge is 0.236 e. The van der Waals surface area contributed by atoms with E-state index in [1.807, 2.05) is 21.1 Å². The Morgan fingerprint density at radius 2 is 2.20 bits per heavy atom. The molecule has 5 nitrogen and oxygen atoms in total. The van der Waals surface area contributed by atoms with Gasteiger partial charge in [0, 0.05) is 33.2 Å². The minimum atomic E-state index is 0.174. The van der Waals surface area contributed by atoms with Crippen LogP contribution in [0, 0.1) is 0 Å². The van der Waals surface area contributed by atoms with Crippen molar-refractivity contribution in [3.8, 4) is 0 Å². The molecule has 1 rings (SSSR count). The molecule has 1 aliphatic rings. The number of hydrogen-bond acceptors (Lipinski definition) is 4. The summed E-state index contributed by atoms with van der Waals surface area (Å²) in [4.78, 5) is 17.7. The normalized spacial score (nSPS) is 23.9. The van der Waals surface area contributed by atoms with Crippen molar-refractivity contribution in [1.82, 2.24) is 14.7 Å². The predicted octanol–water partition coefficient (Wildman–Crippen LogP) is -1.35. The topological polar surface area (TPSA) is 52.8 Å². The Balaban J connectivity index is 2.44. The number of rotatable bonds is 4. The fourth-order valence-electron chi connectivity index (χ4n) is 1.74. The van der Waals surface area contributed by atoms with E-state index in [1.54, 1.807) is 4.90 Å². The maximum atomic E-state index is 11.6. The SMILES string of the molecule is CN(C)CCN1CC(=O)N(C)C(CN)C1. The lowest BCUT2D eigenvalue weighted by molar-refractivity contribution is -0.137. The van der Waals surface area contributed by atoms with Crippen molar-refractivity contribution >= 4 is 5.91 Å². The Labute approximate surface area is 91.8 Å². The van der Waals surface area contributed by atoms with Gasteiger partial charge in [0.15, 0.2) is 0 Å². The Hall–Kier alpha value is -0.650. The maximum Gasteiger partial charge on any atom is 0.236 e. The van der Waals surface area contributed by atoms with Gasteiger partial charge in [-0.15, -0.1) is 0 Å². The Kier molecular flexibility index (Phi) is 4.50. The molecule has 0 bridgehead atoms. The molecule has 5 heteroatoms. The first kappa shape index (κ1) is 12.4. The lowest BCUT2D eigenvalue weighted by atomic mass is 10.1. The highest BCUT2D eigenvalue weighted by molar-refractivity contribution is 5.79. The molecule has 1 unspecified atom stereocenters. The van der Waals surface area contributed by atoms with E-state index in [1.165, 1.54) is 0 Å². The molecule has 88 valence electrons. The zero-order chi connectivity index (χ0) is 11.4. The fraction of sp³-hybridized carbons (Fsp3) is 0.900. The summed E-state index contributed by atoms with van der Waals surface area (Å²) in [5, 5.41) is 0. The summed E-state index contributed by atoms with van der Waals surface area (Å²) >= 11 is 0. The molecular weight excluding hydrogens is 192 g/mol. The van der Waals surface area contributed by atoms with Gasteiger partial charge in [-0.05, 0) is 14.1 Å². The molecule has 1 atom stereocenters. The van der Waals surface area contributed by atoms with Crippen molar-refractivity contribution < 1.29 is 4.79 Å². The van der Waals surface area contributed by atoms with Crippen LogP contribution in [0.15, 0.2) is 0 Å². The highest BCUT2D eigenvalue weighted by Crippen LogP contribution is 2.07. The minimum absolute atomic E-state index is 0.174. The summed E-state index contributed by atoms with van der Waals surface area (Å²) in [5.41, 5.74) is 5.64. The number of amides is 1. The molecule has 1 aliphatic heterocycles. The third kappa shape index (κ3) is 3.44. The van der Waals surface area contributed by atoms with Crippen molar-refractivity contribution in [2.24, 2.45) is 5.73 Å². The van der Waals surface area contributed by atoms with Gasteiger partial charge in [-0.25, -0.2) is 0 Å². The molecular formula is C10H22N4O. The van der Waals surface area contributed by atoms with Gasteiger partial charge >= 0.3 is 0 Å². The molecule has 1 saturated heterocycles. The largest absolute Gasteiger partial charge is 0.339 e. The van der Waals surface area contributed by atoms with Crippen LogP contribution < -0.4 is 5.73 Å². The van der Waals surface area contributed by atoms with Gasteiger partial charge in [-0.2, -0.15) is 0 Å². The van der Waals surface area contributed by atoms with Crippen LogP contribution in [0.2, 0.25) is 0 Å². The number of carbonyl (C=O) groups excluding carboxylic acids is 1. The van der Waals surface area contributed by atoms with Crippen molar-refractivity contribution in [3.05, 3.63) is 0 Å². The number of nitrogens with zero attached hydrogens (tertiary/aromatic N) is 3. The second-order valence-corrected chi connectivity index (χ2v) is 4.43. The van der Waals surface area contributed by atoms with E-state index in [-0.39, 0.29) is 11.9 Å². The van der Waals surface area contributed by atoms with E-state index in [2.05, 4.69) is 9.80 Å². The zero-order valence-corrected chi connectivity index (χ0v) is 9.94. The Morgan fingerprint density at radius 1 is 1.53 bits per heavy atom. The number of nitrogens with two attached hydrogens (primary N) is 1. The third-order valence-corrected chi connectivity index (χ3v) is 2.90. The minimum Gasteiger partial charge on any atom is -0.339 e. The van der Waals surface area contributed by atoms with Crippen molar-refractivity contribution in [3.63, 3.8) is 0 Å². The summed E-state index contributed by atoms with van der Waals surface area (Å²) in [6.07, 6.45) is 0. The summed E-state index contributed by atoms with van der Waals surface area (Å²) < 4.78 is 0. The molecule has 2 N–H and O–H groups in total. The Bertz CT molecular complexity index is 219. The maximum absolute atomic E-state index is 11.6. The van der Waals surface area contributed by atoms with E-state index in [4.69, 9.17) is 5.73 Å². The molecule has 1 amide bonds. The molecule has 1 fully saturated rings. The van der Waals surface area contributed by atoms with Crippen LogP contribution in [0.5, 0.6) is 0 Å². The van der Waals surface area contributed by atoms with E-state index < -0.39 is 0 Å². The van der Waals surface area contributed by atoms with Gasteiger partial charge in [0.2, 0.25) is 5.91 Å². The molecule has 0 aromatic heterocycles. The number of piperazine rings is 1. The summed E-state index contributed by atoms with van der Waals surface area (Å²) in [7, 11) is 5.92. The highest BCUT2D eigenvalue weighted by atomic mass is 16.2. The van der Waals surface area contributed by atoms with Crippen molar-refractivity contribution in [2.75, 3.05) is 53.9 Å². The molecule has 0 aromatic carbocycles. The first-order valence-electron chi connectivity index (χ1n) is 5.37. The summed E-state index contributed by atoms with van der Waals surface area (Å²) in [6.45, 7) is 3.88. The molecule has 0 saturated carbocycles. The highest BCUT2D eigenvalue weighted by Gasteiger charge is 2.28. The predicted molar refractivity (Wildman–Crippen MR) is 60.6 cm³/mol. The lowest BCUT2D eigenvalue weighted by Crippen LogP contribution is -2.58. The second kappa shape index (κ2) is 5.44. The van der Waals surface area contributed by atoms with Gasteiger partial charge in [0.25, 0.3) is 0 Å². The first-order chi connectivity index (χ1) is 7.04. The molecule has 0 radical (unpaired) electrons. The summed E-state index contributed by atoms with van der Waals surface area (Å²) in [6, 6.07) is 0.174. The van der Waals surface area contributed by atoms with Crippen LogP contribution in [0.25, 0.3) is 0 Å². The van der Waals surface area contributed by atoms with Gasteiger partial charge in [-0.3, -0.25) is 9.69 Å². The third-order valence-electron chi connectivity index (χ3n) is 2.90. The molecule has 0 spiro atoms. The number of hydrogen-bond donors (Lipinski definition) is 1. The van der Waals surface area contributed by atoms with E-state index >= 15 is 0 Å². The summed E-state index contributed by atoms with van der Waals surface area (Å²) in [5.74, 6) is 0.176. The van der Waals surface area contributed by atoms with Crippen LogP contribution in [0.4, 0.5) is 0 Å². The van der Waals surface area contributed by atoms with E-state index in [0.29, 0.717) is 13.1 Å². The van der Waals surface area contributed by atoms with Crippen LogP contribution >= 0.6 is 0 Å². The fourth-order valence-corrected chi connectivity index (χ4v) is 1.74. The van der Waals surface area contributed by atoms with Crippen LogP contribution in [-0.4, -0.2) is 80.5 Å². The van der Waals surface area contributed by atoms with Gasteiger partial charge in [-0.1, -0.05) is 0 Å². The van der Waals surface area contributed by atoms with Crippen molar-refractivity contribution in [1.29, 1.82) is 0 Å². The van der Waals surface area contributed by atoms with Crippen molar-refractivity contribution in [2.45, 2.75) is 6.04 Å². The van der Waals surface area contributed by atoms with E-state index in [9.17, 15) is 4.79 Å². The average molecular weight is 214 g/mol. The Morgan fingerprint density at radius 3 is 2.73 bits per heavy atom. The molecule has 0 aliphatic carbocycles. The molecule has 0 aromatic rings. The standard InChI is InChI=1S/C10H22N4O/c1-12(2)4-5-14-7-9(6-11)13(3)10(15)8-14/h9H,4-8,11H2,1-3H3. The second-order valence-electron chi connectivity index (χ2n) is 4.43. The van der Waals surface area contributed by atoms with Crippen LogP contribution in [-0.2, 0) is 4.79 Å². The van der Waals surface area contributed by atoms with Gasteiger partial charge in [0.05, 0.1) is 12.6 Å². The zero-order valence-electron chi connectivity index (χ0n) is 9.94. The quantitative estimate of drug-likeness (QED) is 0.629.